The van der Waals surface area contributed by atoms with Gasteiger partial charge in [-0.25, -0.2) is 4.79 Å². The van der Waals surface area contributed by atoms with E-state index >= 15 is 0 Å². The summed E-state index contributed by atoms with van der Waals surface area (Å²) in [5.41, 5.74) is 0.758. The van der Waals surface area contributed by atoms with Crippen molar-refractivity contribution < 1.29 is 19.8 Å². The van der Waals surface area contributed by atoms with Crippen LogP contribution in [0.2, 0.25) is 0 Å². The van der Waals surface area contributed by atoms with Crippen LogP contribution in [0.25, 0.3) is 6.08 Å². The second-order valence-corrected chi connectivity index (χ2v) is 3.94. The predicted molar refractivity (Wildman–Crippen MR) is 73.3 cm³/mol. The molecule has 0 spiro atoms. The number of aromatic hydroxyl groups is 1. The molecule has 0 aliphatic rings. The first-order valence-electron chi connectivity index (χ1n) is 6.01. The Morgan fingerprint density at radius 3 is 2.37 bits per heavy atom. The molecule has 0 saturated carbocycles. The third-order valence-corrected chi connectivity index (χ3v) is 2.83. The molecule has 0 bridgehead atoms. The van der Waals surface area contributed by atoms with E-state index in [9.17, 15) is 14.7 Å². The largest absolute Gasteiger partial charge is 0.507 e. The fourth-order valence-corrected chi connectivity index (χ4v) is 1.75. The van der Waals surface area contributed by atoms with Gasteiger partial charge >= 0.3 is 5.97 Å². The molecule has 19 heavy (non-hydrogen) atoms. The van der Waals surface area contributed by atoms with Crippen molar-refractivity contribution in [3.63, 3.8) is 0 Å². The number of hydrogen-bond acceptors (Lipinski definition) is 4. The molecule has 5 heteroatoms. The number of aliphatic carboxylic acids is 1. The van der Waals surface area contributed by atoms with Crippen molar-refractivity contribution in [1.82, 2.24) is 0 Å². The Balaban J connectivity index is 3.14. The number of phenols is 1. The number of hydrogen-bond donors (Lipinski definition) is 2. The monoisotopic (exact) mass is 263 g/mol. The number of phenolic OH excluding ortho intramolecular Hbond substituents is 1. The van der Waals surface area contributed by atoms with Crippen molar-refractivity contribution in [2.24, 2.45) is 0 Å². The van der Waals surface area contributed by atoms with Gasteiger partial charge in [-0.15, -0.1) is 0 Å². The Bertz CT molecular complexity index is 504. The van der Waals surface area contributed by atoms with Gasteiger partial charge in [-0.1, -0.05) is 0 Å². The second kappa shape index (κ2) is 6.58. The van der Waals surface area contributed by atoms with Gasteiger partial charge in [0.05, 0.1) is 5.57 Å². The number of carboxylic acids is 1. The van der Waals surface area contributed by atoms with Crippen molar-refractivity contribution in [3.05, 3.63) is 29.3 Å². The van der Waals surface area contributed by atoms with E-state index in [-0.39, 0.29) is 12.0 Å². The van der Waals surface area contributed by atoms with E-state index in [0.29, 0.717) is 5.56 Å². The number of benzene rings is 1. The summed E-state index contributed by atoms with van der Waals surface area (Å²) in [6.45, 7) is 5.62. The Labute approximate surface area is 111 Å². The van der Waals surface area contributed by atoms with Crippen molar-refractivity contribution in [1.29, 1.82) is 0 Å². The summed E-state index contributed by atoms with van der Waals surface area (Å²) < 4.78 is 0. The minimum atomic E-state index is -1.32. The number of carbonyl (C=O) groups excluding carboxylic acids is 1. The van der Waals surface area contributed by atoms with E-state index in [1.54, 1.807) is 18.2 Å². The molecule has 0 saturated heterocycles. The van der Waals surface area contributed by atoms with Crippen molar-refractivity contribution in [2.45, 2.75) is 13.8 Å². The third kappa shape index (κ3) is 3.58. The van der Waals surface area contributed by atoms with Crippen LogP contribution in [0.5, 0.6) is 5.75 Å². The molecule has 0 amide bonds. The zero-order valence-electron chi connectivity index (χ0n) is 11.0. The van der Waals surface area contributed by atoms with Crippen LogP contribution < -0.4 is 4.90 Å². The van der Waals surface area contributed by atoms with Crippen LogP contribution in [-0.2, 0) is 9.59 Å². The Kier molecular flexibility index (Phi) is 5.11. The number of carbonyl (C=O) groups is 2. The highest BCUT2D eigenvalue weighted by atomic mass is 16.4. The fraction of sp³-hybridized carbons (Fsp3) is 0.286. The number of rotatable bonds is 6. The minimum absolute atomic E-state index is 0.0509. The van der Waals surface area contributed by atoms with Crippen LogP contribution in [0.1, 0.15) is 19.4 Å². The van der Waals surface area contributed by atoms with Gasteiger partial charge in [0.1, 0.15) is 5.75 Å². The van der Waals surface area contributed by atoms with Gasteiger partial charge in [0.25, 0.3) is 0 Å². The second-order valence-electron chi connectivity index (χ2n) is 3.94. The maximum Gasteiger partial charge on any atom is 0.339 e. The lowest BCUT2D eigenvalue weighted by Gasteiger charge is -2.21. The van der Waals surface area contributed by atoms with Crippen LogP contribution in [0.4, 0.5) is 5.69 Å². The van der Waals surface area contributed by atoms with E-state index < -0.39 is 11.5 Å². The van der Waals surface area contributed by atoms with E-state index in [2.05, 4.69) is 0 Å². The highest BCUT2D eigenvalue weighted by Gasteiger charge is 2.09. The smallest absolute Gasteiger partial charge is 0.339 e. The fourth-order valence-electron chi connectivity index (χ4n) is 1.75. The summed E-state index contributed by atoms with van der Waals surface area (Å²) in [6, 6.07) is 4.93. The average molecular weight is 263 g/mol. The summed E-state index contributed by atoms with van der Waals surface area (Å²) in [6.07, 6.45) is 1.40. The van der Waals surface area contributed by atoms with Crippen LogP contribution in [0.15, 0.2) is 23.8 Å². The van der Waals surface area contributed by atoms with Gasteiger partial charge in [0.2, 0.25) is 0 Å². The first kappa shape index (κ1) is 14.8. The molecule has 0 atom stereocenters. The van der Waals surface area contributed by atoms with Gasteiger partial charge in [0.15, 0.2) is 6.29 Å². The molecule has 5 nitrogen and oxygen atoms in total. The molecule has 1 aromatic rings. The lowest BCUT2D eigenvalue weighted by molar-refractivity contribution is -0.133. The van der Waals surface area contributed by atoms with Gasteiger partial charge in [-0.2, -0.15) is 0 Å². The molecule has 1 rings (SSSR count). The number of anilines is 1. The average Bonchev–Trinajstić information content (AvgIpc) is 2.38. The molecule has 1 aromatic carbocycles. The highest BCUT2D eigenvalue weighted by molar-refractivity contribution is 6.11. The van der Waals surface area contributed by atoms with Crippen molar-refractivity contribution in [2.75, 3.05) is 18.0 Å². The SMILES string of the molecule is CCN(CC)c1ccc(/C=C(\C=O)C(=O)O)c(O)c1. The minimum Gasteiger partial charge on any atom is -0.507 e. The molecule has 0 aromatic heterocycles. The third-order valence-electron chi connectivity index (χ3n) is 2.83. The topological polar surface area (TPSA) is 77.8 Å². The normalized spacial score (nSPS) is 11.2. The Hall–Kier alpha value is -2.30. The van der Waals surface area contributed by atoms with E-state index in [4.69, 9.17) is 5.11 Å². The van der Waals surface area contributed by atoms with Crippen LogP contribution in [-0.4, -0.2) is 35.6 Å². The van der Waals surface area contributed by atoms with Crippen molar-refractivity contribution in [3.8, 4) is 5.75 Å². The molecule has 2 N–H and O–H groups in total. The first-order chi connectivity index (χ1) is 9.03. The summed E-state index contributed by atoms with van der Waals surface area (Å²) in [5.74, 6) is -1.37. The predicted octanol–water partition coefficient (Wildman–Crippen LogP) is 1.91. The van der Waals surface area contributed by atoms with E-state index in [1.807, 2.05) is 18.7 Å². The van der Waals surface area contributed by atoms with Gasteiger partial charge in [0, 0.05) is 30.4 Å². The number of aldehydes is 1. The quantitative estimate of drug-likeness (QED) is 0.355. The van der Waals surface area contributed by atoms with E-state index in [1.165, 1.54) is 0 Å². The maximum atomic E-state index is 10.7. The summed E-state index contributed by atoms with van der Waals surface area (Å²) in [7, 11) is 0. The summed E-state index contributed by atoms with van der Waals surface area (Å²) in [5, 5.41) is 18.6. The lowest BCUT2D eigenvalue weighted by Crippen LogP contribution is -2.21. The lowest BCUT2D eigenvalue weighted by atomic mass is 10.1. The molecule has 0 aliphatic heterocycles. The van der Waals surface area contributed by atoms with Crippen molar-refractivity contribution >= 4 is 24.0 Å². The molecular weight excluding hydrogens is 246 g/mol. The van der Waals surface area contributed by atoms with Crippen LogP contribution in [0, 0.1) is 0 Å². The standard InChI is InChI=1S/C14H17NO4/c1-3-15(4-2)12-6-5-10(13(17)8-12)7-11(9-16)14(18)19/h5-9,17H,3-4H2,1-2H3,(H,18,19)/b11-7+. The zero-order chi connectivity index (χ0) is 14.4. The summed E-state index contributed by atoms with van der Waals surface area (Å²) in [4.78, 5) is 23.4. The highest BCUT2D eigenvalue weighted by Crippen LogP contribution is 2.26. The Morgan fingerprint density at radius 2 is 1.95 bits per heavy atom. The molecule has 0 aliphatic carbocycles. The molecular formula is C14H17NO4. The van der Waals surface area contributed by atoms with E-state index in [0.717, 1.165) is 24.9 Å². The molecule has 0 fully saturated rings. The number of carboxylic acid groups (broad SMARTS) is 1. The van der Waals surface area contributed by atoms with Gasteiger partial charge in [-0.05, 0) is 32.1 Å². The van der Waals surface area contributed by atoms with Crippen LogP contribution in [0.3, 0.4) is 0 Å². The molecule has 0 unspecified atom stereocenters. The first-order valence-corrected chi connectivity index (χ1v) is 6.01. The summed E-state index contributed by atoms with van der Waals surface area (Å²) >= 11 is 0. The maximum absolute atomic E-state index is 10.7. The zero-order valence-corrected chi connectivity index (χ0v) is 11.0. The van der Waals surface area contributed by atoms with Crippen LogP contribution >= 0.6 is 0 Å². The molecule has 0 radical (unpaired) electrons. The number of nitrogens with zero attached hydrogens (tertiary/aromatic N) is 1. The van der Waals surface area contributed by atoms with Gasteiger partial charge in [-0.3, -0.25) is 4.79 Å². The molecule has 102 valence electrons. The van der Waals surface area contributed by atoms with Gasteiger partial charge < -0.3 is 15.1 Å². The molecule has 0 heterocycles. The Morgan fingerprint density at radius 1 is 1.32 bits per heavy atom.